The fourth-order valence-corrected chi connectivity index (χ4v) is 2.76. The van der Waals surface area contributed by atoms with Crippen LogP contribution in [0.1, 0.15) is 16.8 Å². The van der Waals surface area contributed by atoms with Crippen LogP contribution >= 0.6 is 0 Å². The van der Waals surface area contributed by atoms with Gasteiger partial charge < -0.3 is 4.74 Å². The minimum Gasteiger partial charge on any atom is -0.489 e. The fraction of sp³-hybridized carbons (Fsp3) is 0.0952. The Morgan fingerprint density at radius 2 is 1.69 bits per heavy atom. The molecule has 4 aromatic rings. The maximum Gasteiger partial charge on any atom is 0.119 e. The van der Waals surface area contributed by atoms with Gasteiger partial charge in [-0.3, -0.25) is 10.1 Å². The maximum atomic E-state index is 5.83. The second kappa shape index (κ2) is 7.61. The predicted octanol–water partition coefficient (Wildman–Crippen LogP) is 4.04. The predicted molar refractivity (Wildman–Crippen MR) is 99.6 cm³/mol. The lowest BCUT2D eigenvalue weighted by atomic mass is 10.1. The second-order valence-electron chi connectivity index (χ2n) is 5.98. The monoisotopic (exact) mass is 342 g/mol. The van der Waals surface area contributed by atoms with E-state index in [1.54, 1.807) is 12.4 Å². The molecule has 5 nitrogen and oxygen atoms in total. The molecule has 0 radical (unpaired) electrons. The zero-order valence-electron chi connectivity index (χ0n) is 14.2. The fourth-order valence-electron chi connectivity index (χ4n) is 2.76. The first kappa shape index (κ1) is 16.0. The lowest BCUT2D eigenvalue weighted by molar-refractivity contribution is 0.306. The molecule has 4 rings (SSSR count). The highest BCUT2D eigenvalue weighted by molar-refractivity contribution is 5.60. The molecule has 0 unspecified atom stereocenters. The van der Waals surface area contributed by atoms with Gasteiger partial charge in [-0.05, 0) is 35.4 Å². The van der Waals surface area contributed by atoms with Crippen LogP contribution in [0.5, 0.6) is 5.75 Å². The third-order valence-corrected chi connectivity index (χ3v) is 4.11. The molecule has 0 spiro atoms. The molecule has 0 bridgehead atoms. The standard InChI is InChI=1S/C21H18N4O/c1-2-5-17(6-3-1)15-26-19-10-8-16(9-11-19)13-20-21(24-25-23-20)18-7-4-12-22-14-18/h1-12,14H,13,15H2,(H,23,24,25). The van der Waals surface area contributed by atoms with Crippen LogP contribution in [-0.2, 0) is 13.0 Å². The Morgan fingerprint density at radius 1 is 0.846 bits per heavy atom. The van der Waals surface area contributed by atoms with Gasteiger partial charge in [0.05, 0.1) is 5.69 Å². The van der Waals surface area contributed by atoms with E-state index in [1.165, 1.54) is 0 Å². The summed E-state index contributed by atoms with van der Waals surface area (Å²) < 4.78 is 5.83. The number of nitrogens with zero attached hydrogens (tertiary/aromatic N) is 3. The number of aromatic amines is 1. The molecule has 26 heavy (non-hydrogen) atoms. The molecule has 0 saturated carbocycles. The molecule has 0 amide bonds. The molecule has 0 fully saturated rings. The van der Waals surface area contributed by atoms with Gasteiger partial charge in [0.2, 0.25) is 0 Å². The van der Waals surface area contributed by atoms with Crippen molar-refractivity contribution in [2.75, 3.05) is 0 Å². The molecule has 0 aliphatic rings. The van der Waals surface area contributed by atoms with Crippen molar-refractivity contribution in [1.82, 2.24) is 20.4 Å². The van der Waals surface area contributed by atoms with E-state index in [0.717, 1.165) is 40.2 Å². The number of ether oxygens (including phenoxy) is 1. The van der Waals surface area contributed by atoms with Crippen molar-refractivity contribution in [1.29, 1.82) is 0 Å². The van der Waals surface area contributed by atoms with Gasteiger partial charge in [-0.25, -0.2) is 0 Å². The maximum absolute atomic E-state index is 5.83. The van der Waals surface area contributed by atoms with Crippen molar-refractivity contribution >= 4 is 0 Å². The quantitative estimate of drug-likeness (QED) is 0.574. The van der Waals surface area contributed by atoms with E-state index in [1.807, 2.05) is 42.5 Å². The number of aromatic nitrogens is 4. The van der Waals surface area contributed by atoms with Crippen LogP contribution < -0.4 is 4.74 Å². The van der Waals surface area contributed by atoms with Crippen molar-refractivity contribution in [2.24, 2.45) is 0 Å². The van der Waals surface area contributed by atoms with E-state index < -0.39 is 0 Å². The van der Waals surface area contributed by atoms with Gasteiger partial charge in [0.25, 0.3) is 0 Å². The smallest absolute Gasteiger partial charge is 0.119 e. The van der Waals surface area contributed by atoms with Crippen LogP contribution in [0, 0.1) is 0 Å². The molecule has 2 heterocycles. The van der Waals surface area contributed by atoms with E-state index in [-0.39, 0.29) is 0 Å². The minimum atomic E-state index is 0.565. The van der Waals surface area contributed by atoms with E-state index in [4.69, 9.17) is 4.74 Å². The number of pyridine rings is 1. The summed E-state index contributed by atoms with van der Waals surface area (Å²) in [6.07, 6.45) is 4.26. The first-order valence-corrected chi connectivity index (χ1v) is 8.44. The van der Waals surface area contributed by atoms with Gasteiger partial charge in [0.15, 0.2) is 0 Å². The zero-order valence-corrected chi connectivity index (χ0v) is 14.2. The van der Waals surface area contributed by atoms with E-state index in [2.05, 4.69) is 44.7 Å². The van der Waals surface area contributed by atoms with Gasteiger partial charge in [0.1, 0.15) is 18.1 Å². The molecule has 0 aliphatic carbocycles. The van der Waals surface area contributed by atoms with Crippen molar-refractivity contribution in [3.63, 3.8) is 0 Å². The summed E-state index contributed by atoms with van der Waals surface area (Å²) >= 11 is 0. The Bertz CT molecular complexity index is 950. The Labute approximate surface area is 151 Å². The molecule has 0 saturated heterocycles. The topological polar surface area (TPSA) is 63.7 Å². The van der Waals surface area contributed by atoms with Gasteiger partial charge in [-0.2, -0.15) is 0 Å². The lowest BCUT2D eigenvalue weighted by Gasteiger charge is -2.07. The molecule has 1 N–H and O–H groups in total. The summed E-state index contributed by atoms with van der Waals surface area (Å²) in [5.74, 6) is 0.854. The Hall–Kier alpha value is -3.47. The zero-order chi connectivity index (χ0) is 17.6. The summed E-state index contributed by atoms with van der Waals surface area (Å²) in [7, 11) is 0. The highest BCUT2D eigenvalue weighted by Crippen LogP contribution is 2.22. The Kier molecular flexibility index (Phi) is 4.69. The highest BCUT2D eigenvalue weighted by atomic mass is 16.5. The normalized spacial score (nSPS) is 10.6. The molecular formula is C21H18N4O. The molecule has 0 aliphatic heterocycles. The summed E-state index contributed by atoms with van der Waals surface area (Å²) in [6.45, 7) is 0.565. The van der Waals surface area contributed by atoms with Crippen molar-refractivity contribution in [3.8, 4) is 17.0 Å². The minimum absolute atomic E-state index is 0.565. The molecule has 0 atom stereocenters. The van der Waals surface area contributed by atoms with Gasteiger partial charge in [-0.1, -0.05) is 47.7 Å². The van der Waals surface area contributed by atoms with Crippen molar-refractivity contribution in [2.45, 2.75) is 13.0 Å². The van der Waals surface area contributed by atoms with Gasteiger partial charge in [-0.15, -0.1) is 5.10 Å². The van der Waals surface area contributed by atoms with E-state index in [9.17, 15) is 0 Å². The average Bonchev–Trinajstić information content (AvgIpc) is 3.17. The lowest BCUT2D eigenvalue weighted by Crippen LogP contribution is -1.96. The molecular weight excluding hydrogens is 324 g/mol. The number of rotatable bonds is 6. The third-order valence-electron chi connectivity index (χ3n) is 4.11. The average molecular weight is 342 g/mol. The molecule has 2 aromatic carbocycles. The SMILES string of the molecule is c1ccc(COc2ccc(Cc3[nH]nnc3-c3cccnc3)cc2)cc1. The largest absolute Gasteiger partial charge is 0.489 e. The number of H-pyrrole nitrogens is 1. The van der Waals surface area contributed by atoms with Crippen molar-refractivity contribution < 1.29 is 4.74 Å². The molecule has 2 aromatic heterocycles. The van der Waals surface area contributed by atoms with Crippen LogP contribution in [-0.4, -0.2) is 20.4 Å². The van der Waals surface area contributed by atoms with E-state index in [0.29, 0.717) is 6.61 Å². The first-order valence-electron chi connectivity index (χ1n) is 8.44. The summed E-state index contributed by atoms with van der Waals surface area (Å²) in [6, 6.07) is 22.1. The van der Waals surface area contributed by atoms with Gasteiger partial charge >= 0.3 is 0 Å². The number of hydrogen-bond acceptors (Lipinski definition) is 4. The number of nitrogens with one attached hydrogen (secondary N) is 1. The third kappa shape index (κ3) is 3.78. The van der Waals surface area contributed by atoms with Gasteiger partial charge in [0, 0.05) is 24.4 Å². The van der Waals surface area contributed by atoms with E-state index >= 15 is 0 Å². The van der Waals surface area contributed by atoms with Crippen LogP contribution in [0.25, 0.3) is 11.3 Å². The number of hydrogen-bond donors (Lipinski definition) is 1. The van der Waals surface area contributed by atoms with Crippen LogP contribution in [0.4, 0.5) is 0 Å². The van der Waals surface area contributed by atoms with Crippen LogP contribution in [0.15, 0.2) is 79.1 Å². The van der Waals surface area contributed by atoms with Crippen LogP contribution in [0.3, 0.4) is 0 Å². The van der Waals surface area contributed by atoms with Crippen LogP contribution in [0.2, 0.25) is 0 Å². The number of benzene rings is 2. The second-order valence-corrected chi connectivity index (χ2v) is 5.98. The Morgan fingerprint density at radius 3 is 2.46 bits per heavy atom. The summed E-state index contributed by atoms with van der Waals surface area (Å²) in [5.41, 5.74) is 5.08. The Balaban J connectivity index is 1.43. The highest BCUT2D eigenvalue weighted by Gasteiger charge is 2.10. The summed E-state index contributed by atoms with van der Waals surface area (Å²) in [4.78, 5) is 4.15. The van der Waals surface area contributed by atoms with Crippen molar-refractivity contribution in [3.05, 3.63) is 95.9 Å². The first-order chi connectivity index (χ1) is 12.9. The molecule has 5 heteroatoms. The summed E-state index contributed by atoms with van der Waals surface area (Å²) in [5, 5.41) is 11.1. The molecule has 128 valence electrons.